The molecule has 1 aliphatic heterocycles. The topological polar surface area (TPSA) is 38.8 Å². The summed E-state index contributed by atoms with van der Waals surface area (Å²) in [5.74, 6) is 1.23. The van der Waals surface area contributed by atoms with Crippen LogP contribution in [0.15, 0.2) is 66.7 Å². The summed E-state index contributed by atoms with van der Waals surface area (Å²) >= 11 is 6.21. The summed E-state index contributed by atoms with van der Waals surface area (Å²) in [4.78, 5) is 14.7. The molecule has 0 atom stereocenters. The molecule has 1 heterocycles. The Morgan fingerprint density at radius 3 is 2.53 bits per heavy atom. The number of anilines is 1. The molecule has 0 radical (unpaired) electrons. The minimum absolute atomic E-state index is 0.0108. The molecule has 0 bridgehead atoms. The molecule has 0 aliphatic carbocycles. The third-order valence-electron chi connectivity index (χ3n) is 5.12. The predicted octanol–water partition coefficient (Wildman–Crippen LogP) is 5.83. The number of halogens is 1. The molecule has 0 N–H and O–H groups in total. The molecule has 0 saturated heterocycles. The van der Waals surface area contributed by atoms with Crippen LogP contribution in [0, 0.1) is 0 Å². The van der Waals surface area contributed by atoms with Crippen LogP contribution in [-0.2, 0) is 11.4 Å². The third-order valence-corrected chi connectivity index (χ3v) is 5.49. The first-order valence-corrected chi connectivity index (χ1v) is 10.2. The van der Waals surface area contributed by atoms with E-state index in [2.05, 4.69) is 0 Å². The summed E-state index contributed by atoms with van der Waals surface area (Å²) in [6.45, 7) is 2.95. The van der Waals surface area contributed by atoms with E-state index in [1.807, 2.05) is 79.7 Å². The Hall–Kier alpha value is -3.24. The lowest BCUT2D eigenvalue weighted by atomic mass is 10.0. The second-order valence-electron chi connectivity index (χ2n) is 6.91. The second-order valence-corrected chi connectivity index (χ2v) is 7.32. The van der Waals surface area contributed by atoms with Gasteiger partial charge < -0.3 is 14.4 Å². The Balaban J connectivity index is 1.62. The van der Waals surface area contributed by atoms with Gasteiger partial charge in [0.1, 0.15) is 6.61 Å². The van der Waals surface area contributed by atoms with Gasteiger partial charge in [-0.2, -0.15) is 0 Å². The van der Waals surface area contributed by atoms with Crippen molar-refractivity contribution in [1.82, 2.24) is 0 Å². The first-order valence-electron chi connectivity index (χ1n) is 9.79. The van der Waals surface area contributed by atoms with Crippen LogP contribution in [-0.4, -0.2) is 19.6 Å². The Morgan fingerprint density at radius 2 is 1.77 bits per heavy atom. The minimum Gasteiger partial charge on any atom is -0.493 e. The standard InChI is InChI=1S/C25H22ClNO3/c1-3-27-22-11-7-5-9-19(22)20(25(27)28)14-17-12-13-23(24(15-17)29-2)30-16-18-8-4-6-10-21(18)26/h4-15H,3,16H2,1-2H3/b20-14-. The Kier molecular flexibility index (Phi) is 5.77. The van der Waals surface area contributed by atoms with Gasteiger partial charge in [0.05, 0.1) is 12.8 Å². The number of fused-ring (bicyclic) bond motifs is 1. The van der Waals surface area contributed by atoms with Crippen LogP contribution in [0.25, 0.3) is 11.6 Å². The van der Waals surface area contributed by atoms with E-state index in [0.29, 0.717) is 35.2 Å². The quantitative estimate of drug-likeness (QED) is 0.471. The average molecular weight is 420 g/mol. The number of rotatable bonds is 6. The number of hydrogen-bond donors (Lipinski definition) is 0. The molecule has 1 amide bonds. The molecule has 4 rings (SSSR count). The number of carbonyl (C=O) groups is 1. The maximum absolute atomic E-state index is 12.9. The Bertz CT molecular complexity index is 1120. The molecular weight excluding hydrogens is 398 g/mol. The lowest BCUT2D eigenvalue weighted by Gasteiger charge is -2.13. The van der Waals surface area contributed by atoms with Crippen LogP contribution in [0.1, 0.15) is 23.6 Å². The number of nitrogens with zero attached hydrogens (tertiary/aromatic N) is 1. The van der Waals surface area contributed by atoms with Gasteiger partial charge in [0.15, 0.2) is 11.5 Å². The van der Waals surface area contributed by atoms with Crippen molar-refractivity contribution in [3.63, 3.8) is 0 Å². The van der Waals surface area contributed by atoms with Gasteiger partial charge in [0.25, 0.3) is 5.91 Å². The molecule has 5 heteroatoms. The molecule has 0 saturated carbocycles. The molecular formula is C25H22ClNO3. The van der Waals surface area contributed by atoms with Crippen LogP contribution in [0.4, 0.5) is 5.69 Å². The molecule has 0 spiro atoms. The summed E-state index contributed by atoms with van der Waals surface area (Å²) in [6.07, 6.45) is 1.90. The zero-order valence-corrected chi connectivity index (χ0v) is 17.6. The van der Waals surface area contributed by atoms with Gasteiger partial charge in [0, 0.05) is 28.3 Å². The number of para-hydroxylation sites is 1. The maximum atomic E-state index is 12.9. The van der Waals surface area contributed by atoms with Gasteiger partial charge in [-0.05, 0) is 42.8 Å². The minimum atomic E-state index is 0.0108. The Morgan fingerprint density at radius 1 is 1.00 bits per heavy atom. The van der Waals surface area contributed by atoms with Crippen LogP contribution < -0.4 is 14.4 Å². The highest BCUT2D eigenvalue weighted by molar-refractivity contribution is 6.35. The van der Waals surface area contributed by atoms with Crippen molar-refractivity contribution in [2.24, 2.45) is 0 Å². The van der Waals surface area contributed by atoms with Crippen LogP contribution in [0.2, 0.25) is 5.02 Å². The van der Waals surface area contributed by atoms with Gasteiger partial charge in [-0.3, -0.25) is 4.79 Å². The molecule has 30 heavy (non-hydrogen) atoms. The fourth-order valence-corrected chi connectivity index (χ4v) is 3.78. The number of methoxy groups -OCH3 is 1. The van der Waals surface area contributed by atoms with Gasteiger partial charge in [-0.15, -0.1) is 0 Å². The summed E-state index contributed by atoms with van der Waals surface area (Å²) in [7, 11) is 1.60. The Labute approximate surface area is 181 Å². The van der Waals surface area contributed by atoms with E-state index in [4.69, 9.17) is 21.1 Å². The van der Waals surface area contributed by atoms with Gasteiger partial charge in [-0.25, -0.2) is 0 Å². The van der Waals surface area contributed by atoms with Crippen LogP contribution in [0.3, 0.4) is 0 Å². The smallest absolute Gasteiger partial charge is 0.258 e. The number of carbonyl (C=O) groups excluding carboxylic acids is 1. The van der Waals surface area contributed by atoms with E-state index in [1.54, 1.807) is 12.0 Å². The monoisotopic (exact) mass is 419 g/mol. The highest BCUT2D eigenvalue weighted by atomic mass is 35.5. The molecule has 152 valence electrons. The van der Waals surface area contributed by atoms with Gasteiger partial charge in [0.2, 0.25) is 0 Å². The molecule has 0 fully saturated rings. The van der Waals surface area contributed by atoms with E-state index in [1.165, 1.54) is 0 Å². The highest BCUT2D eigenvalue weighted by Crippen LogP contribution is 2.38. The number of ether oxygens (including phenoxy) is 2. The molecule has 3 aromatic carbocycles. The van der Waals surface area contributed by atoms with E-state index >= 15 is 0 Å². The summed E-state index contributed by atoms with van der Waals surface area (Å²) in [6, 6.07) is 21.1. The number of likely N-dealkylation sites (N-methyl/N-ethyl adjacent to an activating group) is 1. The zero-order chi connectivity index (χ0) is 21.1. The fourth-order valence-electron chi connectivity index (χ4n) is 3.59. The maximum Gasteiger partial charge on any atom is 0.258 e. The summed E-state index contributed by atoms with van der Waals surface area (Å²) in [5, 5.41) is 0.664. The lowest BCUT2D eigenvalue weighted by molar-refractivity contribution is -0.112. The predicted molar refractivity (Wildman–Crippen MR) is 121 cm³/mol. The van der Waals surface area contributed by atoms with Crippen LogP contribution in [0.5, 0.6) is 11.5 Å². The number of amides is 1. The largest absolute Gasteiger partial charge is 0.493 e. The third kappa shape index (κ3) is 3.79. The molecule has 0 unspecified atom stereocenters. The molecule has 4 nitrogen and oxygen atoms in total. The van der Waals surface area contributed by atoms with Crippen molar-refractivity contribution in [1.29, 1.82) is 0 Å². The van der Waals surface area contributed by atoms with Crippen molar-refractivity contribution in [2.75, 3.05) is 18.6 Å². The van der Waals surface area contributed by atoms with E-state index in [9.17, 15) is 4.79 Å². The molecule has 0 aromatic heterocycles. The normalized spacial score (nSPS) is 14.2. The SMILES string of the molecule is CCN1C(=O)/C(=C\c2ccc(OCc3ccccc3Cl)c(OC)c2)c2ccccc21. The number of benzene rings is 3. The zero-order valence-electron chi connectivity index (χ0n) is 16.9. The fraction of sp³-hybridized carbons (Fsp3) is 0.160. The van der Waals surface area contributed by atoms with E-state index < -0.39 is 0 Å². The average Bonchev–Trinajstić information content (AvgIpc) is 3.04. The van der Waals surface area contributed by atoms with Gasteiger partial charge in [-0.1, -0.05) is 54.1 Å². The first-order chi connectivity index (χ1) is 14.6. The molecule has 3 aromatic rings. The second kappa shape index (κ2) is 8.64. The number of hydrogen-bond acceptors (Lipinski definition) is 3. The van der Waals surface area contributed by atoms with Crippen LogP contribution >= 0.6 is 11.6 Å². The van der Waals surface area contributed by atoms with Gasteiger partial charge >= 0.3 is 0 Å². The molecule has 1 aliphatic rings. The first kappa shape index (κ1) is 20.0. The van der Waals surface area contributed by atoms with E-state index in [-0.39, 0.29) is 5.91 Å². The summed E-state index contributed by atoms with van der Waals surface area (Å²) in [5.41, 5.74) is 4.35. The van der Waals surface area contributed by atoms with Crippen molar-refractivity contribution >= 4 is 34.8 Å². The van der Waals surface area contributed by atoms with E-state index in [0.717, 1.165) is 22.4 Å². The van der Waals surface area contributed by atoms with Crippen molar-refractivity contribution in [3.05, 3.63) is 88.4 Å². The van der Waals surface area contributed by atoms with Crippen molar-refractivity contribution in [3.8, 4) is 11.5 Å². The summed E-state index contributed by atoms with van der Waals surface area (Å²) < 4.78 is 11.5. The van der Waals surface area contributed by atoms with Crippen molar-refractivity contribution < 1.29 is 14.3 Å². The highest BCUT2D eigenvalue weighted by Gasteiger charge is 2.30. The lowest BCUT2D eigenvalue weighted by Crippen LogP contribution is -2.25. The van der Waals surface area contributed by atoms with Crippen molar-refractivity contribution in [2.45, 2.75) is 13.5 Å².